The van der Waals surface area contributed by atoms with Crippen molar-refractivity contribution in [2.75, 3.05) is 6.61 Å². The largest absolute Gasteiger partial charge is 0.493 e. The van der Waals surface area contributed by atoms with Gasteiger partial charge in [0.1, 0.15) is 5.75 Å². The maximum atomic E-state index is 10.0. The zero-order valence-corrected chi connectivity index (χ0v) is 11.5. The lowest BCUT2D eigenvalue weighted by Gasteiger charge is -2.13. The van der Waals surface area contributed by atoms with E-state index in [-0.39, 0.29) is 0 Å². The molecule has 100 valence electrons. The van der Waals surface area contributed by atoms with Crippen molar-refractivity contribution in [1.82, 2.24) is 0 Å². The molecule has 0 aliphatic carbocycles. The van der Waals surface area contributed by atoms with Crippen molar-refractivity contribution in [2.45, 2.75) is 26.4 Å². The summed E-state index contributed by atoms with van der Waals surface area (Å²) in [6.07, 6.45) is 0.128. The van der Waals surface area contributed by atoms with Gasteiger partial charge in [0, 0.05) is 6.42 Å². The van der Waals surface area contributed by atoms with Crippen molar-refractivity contribution in [2.24, 2.45) is 0 Å². The molecule has 0 aliphatic rings. The lowest BCUT2D eigenvalue weighted by Crippen LogP contribution is -2.06. The summed E-state index contributed by atoms with van der Waals surface area (Å²) in [5.74, 6) is 0.903. The average molecular weight is 256 g/mol. The molecule has 1 unspecified atom stereocenters. The van der Waals surface area contributed by atoms with Crippen molar-refractivity contribution in [3.05, 3.63) is 65.2 Å². The van der Waals surface area contributed by atoms with E-state index in [1.54, 1.807) is 0 Å². The molecular formula is C17H20O2. The Balaban J connectivity index is 1.88. The first-order valence-corrected chi connectivity index (χ1v) is 6.60. The summed E-state index contributed by atoms with van der Waals surface area (Å²) in [6.45, 7) is 4.59. The monoisotopic (exact) mass is 256 g/mol. The van der Waals surface area contributed by atoms with Crippen LogP contribution in [0.3, 0.4) is 0 Å². The second-order valence-electron chi connectivity index (χ2n) is 4.83. The Bertz CT molecular complexity index is 520. The molecule has 0 saturated carbocycles. The standard InChI is InChI=1S/C17H20O2/c1-13-8-9-14(2)17(12-13)19-11-10-16(18)15-6-4-3-5-7-15/h3-9,12,16,18H,10-11H2,1-2H3. The third kappa shape index (κ3) is 3.83. The highest BCUT2D eigenvalue weighted by molar-refractivity contribution is 5.35. The fourth-order valence-corrected chi connectivity index (χ4v) is 1.99. The molecule has 0 aromatic heterocycles. The van der Waals surface area contributed by atoms with Crippen LogP contribution in [0.4, 0.5) is 0 Å². The third-order valence-electron chi connectivity index (χ3n) is 3.18. The molecule has 0 aliphatic heterocycles. The van der Waals surface area contributed by atoms with Crippen LogP contribution in [-0.2, 0) is 0 Å². The van der Waals surface area contributed by atoms with Gasteiger partial charge in [0.15, 0.2) is 0 Å². The van der Waals surface area contributed by atoms with Crippen molar-refractivity contribution in [3.8, 4) is 5.75 Å². The Morgan fingerprint density at radius 1 is 1.05 bits per heavy atom. The molecule has 1 N–H and O–H groups in total. The highest BCUT2D eigenvalue weighted by Gasteiger charge is 2.07. The van der Waals surface area contributed by atoms with E-state index in [1.165, 1.54) is 5.56 Å². The fourth-order valence-electron chi connectivity index (χ4n) is 1.99. The van der Waals surface area contributed by atoms with Gasteiger partial charge in [0.25, 0.3) is 0 Å². The van der Waals surface area contributed by atoms with Gasteiger partial charge in [-0.25, -0.2) is 0 Å². The lowest BCUT2D eigenvalue weighted by atomic mass is 10.1. The van der Waals surface area contributed by atoms with Gasteiger partial charge in [0.05, 0.1) is 12.7 Å². The van der Waals surface area contributed by atoms with Gasteiger partial charge in [-0.1, -0.05) is 42.5 Å². The van der Waals surface area contributed by atoms with Gasteiger partial charge in [-0.15, -0.1) is 0 Å². The van der Waals surface area contributed by atoms with E-state index in [2.05, 4.69) is 12.1 Å². The van der Waals surface area contributed by atoms with Gasteiger partial charge in [-0.05, 0) is 36.6 Å². The minimum atomic E-state index is -0.466. The van der Waals surface area contributed by atoms with Crippen LogP contribution in [0.15, 0.2) is 48.5 Å². The van der Waals surface area contributed by atoms with Crippen LogP contribution in [-0.4, -0.2) is 11.7 Å². The number of hydrogen-bond acceptors (Lipinski definition) is 2. The second kappa shape index (κ2) is 6.39. The molecule has 0 fully saturated rings. The van der Waals surface area contributed by atoms with Gasteiger partial charge in [-0.2, -0.15) is 0 Å². The molecule has 2 heteroatoms. The third-order valence-corrected chi connectivity index (χ3v) is 3.18. The van der Waals surface area contributed by atoms with E-state index >= 15 is 0 Å². The first kappa shape index (κ1) is 13.6. The topological polar surface area (TPSA) is 29.5 Å². The van der Waals surface area contributed by atoms with E-state index < -0.39 is 6.10 Å². The lowest BCUT2D eigenvalue weighted by molar-refractivity contribution is 0.140. The number of ether oxygens (including phenoxy) is 1. The Morgan fingerprint density at radius 2 is 1.79 bits per heavy atom. The van der Waals surface area contributed by atoms with Crippen LogP contribution in [0.25, 0.3) is 0 Å². The first-order chi connectivity index (χ1) is 9.16. The van der Waals surface area contributed by atoms with Crippen molar-refractivity contribution in [3.63, 3.8) is 0 Å². The number of aliphatic hydroxyl groups excluding tert-OH is 1. The summed E-state index contributed by atoms with van der Waals surface area (Å²) in [7, 11) is 0. The SMILES string of the molecule is Cc1ccc(C)c(OCCC(O)c2ccccc2)c1. The maximum absolute atomic E-state index is 10.0. The van der Waals surface area contributed by atoms with E-state index in [4.69, 9.17) is 4.74 Å². The first-order valence-electron chi connectivity index (χ1n) is 6.60. The molecule has 2 rings (SSSR count). The van der Waals surface area contributed by atoms with Crippen LogP contribution in [0.1, 0.15) is 29.2 Å². The molecule has 0 amide bonds. The molecule has 1 atom stereocenters. The molecule has 0 radical (unpaired) electrons. The molecule has 0 heterocycles. The van der Waals surface area contributed by atoms with Gasteiger partial charge < -0.3 is 9.84 Å². The molecule has 2 aromatic carbocycles. The van der Waals surface area contributed by atoms with Crippen LogP contribution in [0.2, 0.25) is 0 Å². The van der Waals surface area contributed by atoms with Crippen molar-refractivity contribution >= 4 is 0 Å². The number of hydrogen-bond donors (Lipinski definition) is 1. The van der Waals surface area contributed by atoms with Gasteiger partial charge >= 0.3 is 0 Å². The summed E-state index contributed by atoms with van der Waals surface area (Å²) >= 11 is 0. The molecule has 0 saturated heterocycles. The van der Waals surface area contributed by atoms with E-state index in [0.29, 0.717) is 13.0 Å². The molecule has 0 bridgehead atoms. The summed E-state index contributed by atoms with van der Waals surface area (Å²) in [5, 5.41) is 10.0. The summed E-state index contributed by atoms with van der Waals surface area (Å²) < 4.78 is 5.75. The van der Waals surface area contributed by atoms with Crippen LogP contribution in [0.5, 0.6) is 5.75 Å². The zero-order chi connectivity index (χ0) is 13.7. The van der Waals surface area contributed by atoms with Crippen LogP contribution in [0, 0.1) is 13.8 Å². The number of aryl methyl sites for hydroxylation is 2. The maximum Gasteiger partial charge on any atom is 0.122 e. The normalized spacial score (nSPS) is 12.2. The molecular weight excluding hydrogens is 236 g/mol. The zero-order valence-electron chi connectivity index (χ0n) is 11.5. The van der Waals surface area contributed by atoms with Crippen molar-refractivity contribution in [1.29, 1.82) is 0 Å². The highest BCUT2D eigenvalue weighted by Crippen LogP contribution is 2.21. The van der Waals surface area contributed by atoms with E-state index in [9.17, 15) is 5.11 Å². The predicted octanol–water partition coefficient (Wildman–Crippen LogP) is 3.81. The Morgan fingerprint density at radius 3 is 2.53 bits per heavy atom. The number of benzene rings is 2. The van der Waals surface area contributed by atoms with Crippen molar-refractivity contribution < 1.29 is 9.84 Å². The Labute approximate surface area is 114 Å². The smallest absolute Gasteiger partial charge is 0.122 e. The number of rotatable bonds is 5. The van der Waals surface area contributed by atoms with Crippen LogP contribution < -0.4 is 4.74 Å². The van der Waals surface area contributed by atoms with E-state index in [1.807, 2.05) is 50.2 Å². The summed E-state index contributed by atoms with van der Waals surface area (Å²) in [4.78, 5) is 0. The van der Waals surface area contributed by atoms with Crippen LogP contribution >= 0.6 is 0 Å². The number of aliphatic hydroxyl groups is 1. The second-order valence-corrected chi connectivity index (χ2v) is 4.83. The van der Waals surface area contributed by atoms with Gasteiger partial charge in [-0.3, -0.25) is 0 Å². The molecule has 0 spiro atoms. The minimum Gasteiger partial charge on any atom is -0.493 e. The Kier molecular flexibility index (Phi) is 4.58. The molecule has 2 aromatic rings. The quantitative estimate of drug-likeness (QED) is 0.881. The van der Waals surface area contributed by atoms with Gasteiger partial charge in [0.2, 0.25) is 0 Å². The van der Waals surface area contributed by atoms with E-state index in [0.717, 1.165) is 16.9 Å². The molecule has 2 nitrogen and oxygen atoms in total. The minimum absolute atomic E-state index is 0.466. The molecule has 19 heavy (non-hydrogen) atoms. The predicted molar refractivity (Wildman–Crippen MR) is 77.4 cm³/mol. The summed E-state index contributed by atoms with van der Waals surface area (Å²) in [5.41, 5.74) is 3.25. The highest BCUT2D eigenvalue weighted by atomic mass is 16.5. The average Bonchev–Trinajstić information content (AvgIpc) is 2.43. The Hall–Kier alpha value is -1.80. The fraction of sp³-hybridized carbons (Fsp3) is 0.294. The summed E-state index contributed by atoms with van der Waals surface area (Å²) in [6, 6.07) is 15.8.